The Kier molecular flexibility index (Phi) is 5.61. The number of hydrogen-bond donors (Lipinski definition) is 0. The predicted octanol–water partition coefficient (Wildman–Crippen LogP) is 5.52. The van der Waals surface area contributed by atoms with Crippen molar-refractivity contribution in [2.75, 3.05) is 7.11 Å². The molecule has 1 aliphatic heterocycles. The van der Waals surface area contributed by atoms with Crippen molar-refractivity contribution in [3.8, 4) is 16.1 Å². The number of ether oxygens (including phenoxy) is 1. The summed E-state index contributed by atoms with van der Waals surface area (Å²) in [5, 5.41) is 9.65. The molecule has 0 spiro atoms. The number of thiophene rings is 1. The third-order valence-corrected chi connectivity index (χ3v) is 7.34. The van der Waals surface area contributed by atoms with Crippen LogP contribution < -0.4 is 0 Å². The number of fused-ring (bicyclic) bond motifs is 3. The molecule has 0 bridgehead atoms. The molecule has 2 aromatic heterocycles. The lowest BCUT2D eigenvalue weighted by atomic mass is 9.97. The van der Waals surface area contributed by atoms with E-state index < -0.39 is 6.04 Å². The Bertz CT molecular complexity index is 1440. The Morgan fingerprint density at radius 3 is 2.50 bits per heavy atom. The van der Waals surface area contributed by atoms with E-state index in [9.17, 15) is 9.18 Å². The Morgan fingerprint density at radius 1 is 1.06 bits per heavy atom. The number of aromatic nitrogens is 3. The summed E-state index contributed by atoms with van der Waals surface area (Å²) in [6, 6.07) is 13.9. The van der Waals surface area contributed by atoms with Crippen LogP contribution in [0.4, 0.5) is 4.39 Å². The maximum Gasteiger partial charge on any atom is 0.308 e. The molecule has 2 aromatic carbocycles. The molecule has 8 heteroatoms. The summed E-state index contributed by atoms with van der Waals surface area (Å²) in [7, 11) is 1.37. The van der Waals surface area contributed by atoms with E-state index in [0.717, 1.165) is 44.4 Å². The van der Waals surface area contributed by atoms with E-state index in [1.165, 1.54) is 24.1 Å². The molecule has 172 valence electrons. The van der Waals surface area contributed by atoms with Crippen molar-refractivity contribution in [3.05, 3.63) is 87.6 Å². The number of esters is 1. The molecule has 0 saturated carbocycles. The maximum absolute atomic E-state index is 13.7. The lowest BCUT2D eigenvalue weighted by molar-refractivity contribution is -0.141. The van der Waals surface area contributed by atoms with Gasteiger partial charge in [-0.2, -0.15) is 0 Å². The summed E-state index contributed by atoms with van der Waals surface area (Å²) in [5.74, 6) is 0.731. The summed E-state index contributed by atoms with van der Waals surface area (Å²) >= 11 is 1.66. The Balaban J connectivity index is 1.68. The lowest BCUT2D eigenvalue weighted by Crippen LogP contribution is -2.12. The standard InChI is InChI=1S/C26H23FN4O2S/c1-14-15(2)34-26-23(14)24(18-10-8-17(9-11-18)19-6-5-7-20(27)12-19)28-21(13-22(32)33-4)25-30-29-16(3)31(25)26/h5-12,21H,13H2,1-4H3/t21-/m0/s1. The number of aryl methyl sites for hydroxylation is 2. The van der Waals surface area contributed by atoms with Crippen LogP contribution in [0.2, 0.25) is 0 Å². The molecule has 0 saturated heterocycles. The number of methoxy groups -OCH3 is 1. The second-order valence-corrected chi connectivity index (χ2v) is 9.47. The Labute approximate surface area is 200 Å². The molecule has 6 nitrogen and oxygen atoms in total. The number of carbonyl (C=O) groups is 1. The molecule has 1 aliphatic rings. The molecule has 0 fully saturated rings. The molecular formula is C26H23FN4O2S. The third-order valence-electron chi connectivity index (χ3n) is 6.14. The van der Waals surface area contributed by atoms with E-state index >= 15 is 0 Å². The molecule has 3 heterocycles. The molecule has 0 unspecified atom stereocenters. The van der Waals surface area contributed by atoms with Crippen LogP contribution in [-0.4, -0.2) is 33.6 Å². The highest BCUT2D eigenvalue weighted by molar-refractivity contribution is 7.15. The quantitative estimate of drug-likeness (QED) is 0.366. The van der Waals surface area contributed by atoms with Gasteiger partial charge in [-0.3, -0.25) is 14.4 Å². The first kappa shape index (κ1) is 22.2. The van der Waals surface area contributed by atoms with Gasteiger partial charge < -0.3 is 4.74 Å². The number of benzene rings is 2. The second-order valence-electron chi connectivity index (χ2n) is 8.27. The molecule has 0 aliphatic carbocycles. The van der Waals surface area contributed by atoms with Crippen LogP contribution in [0.25, 0.3) is 16.1 Å². The van der Waals surface area contributed by atoms with Gasteiger partial charge in [-0.1, -0.05) is 36.4 Å². The van der Waals surface area contributed by atoms with Crippen molar-refractivity contribution in [3.63, 3.8) is 0 Å². The summed E-state index contributed by atoms with van der Waals surface area (Å²) in [4.78, 5) is 18.5. The zero-order valence-electron chi connectivity index (χ0n) is 19.3. The van der Waals surface area contributed by atoms with Gasteiger partial charge in [-0.15, -0.1) is 21.5 Å². The number of nitrogens with zero attached hydrogens (tertiary/aromatic N) is 4. The van der Waals surface area contributed by atoms with Crippen LogP contribution in [-0.2, 0) is 9.53 Å². The first-order chi connectivity index (χ1) is 16.4. The molecule has 34 heavy (non-hydrogen) atoms. The van der Waals surface area contributed by atoms with Gasteiger partial charge in [0.1, 0.15) is 22.7 Å². The average molecular weight is 475 g/mol. The van der Waals surface area contributed by atoms with Gasteiger partial charge >= 0.3 is 5.97 Å². The number of hydrogen-bond acceptors (Lipinski definition) is 6. The van der Waals surface area contributed by atoms with Gasteiger partial charge in [0.05, 0.1) is 19.2 Å². The second kappa shape index (κ2) is 8.61. The van der Waals surface area contributed by atoms with Crippen LogP contribution in [0, 0.1) is 26.6 Å². The normalized spacial score (nSPS) is 14.7. The third kappa shape index (κ3) is 3.74. The summed E-state index contributed by atoms with van der Waals surface area (Å²) in [6.45, 7) is 6.07. The average Bonchev–Trinajstić information content (AvgIpc) is 3.31. The minimum absolute atomic E-state index is 0.0620. The molecular weight excluding hydrogens is 451 g/mol. The zero-order chi connectivity index (χ0) is 24.0. The minimum Gasteiger partial charge on any atom is -0.469 e. The summed E-state index contributed by atoms with van der Waals surface area (Å²) in [6.07, 6.45) is 0.0620. The molecule has 1 atom stereocenters. The van der Waals surface area contributed by atoms with Crippen LogP contribution in [0.15, 0.2) is 53.5 Å². The minimum atomic E-state index is -0.536. The van der Waals surface area contributed by atoms with Gasteiger partial charge in [-0.05, 0) is 49.6 Å². The predicted molar refractivity (Wildman–Crippen MR) is 130 cm³/mol. The fraction of sp³-hybridized carbons (Fsp3) is 0.231. The van der Waals surface area contributed by atoms with Gasteiger partial charge in [0.2, 0.25) is 0 Å². The lowest BCUT2D eigenvalue weighted by Gasteiger charge is -2.12. The topological polar surface area (TPSA) is 69.4 Å². The van der Waals surface area contributed by atoms with Crippen molar-refractivity contribution >= 4 is 23.0 Å². The molecule has 0 radical (unpaired) electrons. The fourth-order valence-electron chi connectivity index (χ4n) is 4.25. The smallest absolute Gasteiger partial charge is 0.308 e. The van der Waals surface area contributed by atoms with Crippen molar-refractivity contribution in [1.82, 2.24) is 14.8 Å². The van der Waals surface area contributed by atoms with E-state index in [1.807, 2.05) is 41.8 Å². The number of aliphatic imine (C=N–C) groups is 1. The van der Waals surface area contributed by atoms with Crippen LogP contribution in [0.3, 0.4) is 0 Å². The maximum atomic E-state index is 13.7. The van der Waals surface area contributed by atoms with Gasteiger partial charge in [0.15, 0.2) is 5.82 Å². The van der Waals surface area contributed by atoms with Crippen molar-refractivity contribution < 1.29 is 13.9 Å². The highest BCUT2D eigenvalue weighted by atomic mass is 32.1. The van der Waals surface area contributed by atoms with Crippen molar-refractivity contribution in [2.45, 2.75) is 33.2 Å². The van der Waals surface area contributed by atoms with E-state index in [0.29, 0.717) is 5.82 Å². The molecule has 5 rings (SSSR count). The van der Waals surface area contributed by atoms with Crippen molar-refractivity contribution in [2.24, 2.45) is 4.99 Å². The molecule has 0 amide bonds. The first-order valence-electron chi connectivity index (χ1n) is 10.9. The van der Waals surface area contributed by atoms with E-state index in [-0.39, 0.29) is 18.2 Å². The SMILES string of the molecule is COC(=O)C[C@@H]1N=C(c2ccc(-c3cccc(F)c3)cc2)c2c(sc(C)c2C)-n2c(C)nnc21. The first-order valence-corrected chi connectivity index (χ1v) is 11.7. The monoisotopic (exact) mass is 474 g/mol. The van der Waals surface area contributed by atoms with E-state index in [4.69, 9.17) is 9.73 Å². The summed E-state index contributed by atoms with van der Waals surface area (Å²) in [5.41, 5.74) is 5.57. The van der Waals surface area contributed by atoms with Crippen LogP contribution in [0.5, 0.6) is 0 Å². The number of carbonyl (C=O) groups excluding carboxylic acids is 1. The summed E-state index contributed by atoms with van der Waals surface area (Å²) < 4.78 is 20.7. The highest BCUT2D eigenvalue weighted by Gasteiger charge is 2.32. The molecule has 4 aromatic rings. The molecule has 0 N–H and O–H groups in total. The van der Waals surface area contributed by atoms with Gasteiger partial charge in [0, 0.05) is 16.0 Å². The fourth-order valence-corrected chi connectivity index (χ4v) is 5.47. The largest absolute Gasteiger partial charge is 0.469 e. The van der Waals surface area contributed by atoms with Gasteiger partial charge in [0.25, 0.3) is 0 Å². The van der Waals surface area contributed by atoms with Crippen LogP contribution in [0.1, 0.15) is 45.7 Å². The Hall–Kier alpha value is -3.65. The zero-order valence-corrected chi connectivity index (χ0v) is 20.1. The van der Waals surface area contributed by atoms with Crippen molar-refractivity contribution in [1.29, 1.82) is 0 Å². The van der Waals surface area contributed by atoms with E-state index in [2.05, 4.69) is 24.0 Å². The Morgan fingerprint density at radius 2 is 1.79 bits per heavy atom. The highest BCUT2D eigenvalue weighted by Crippen LogP contribution is 2.39. The van der Waals surface area contributed by atoms with Gasteiger partial charge in [-0.25, -0.2) is 4.39 Å². The van der Waals surface area contributed by atoms with E-state index in [1.54, 1.807) is 17.4 Å². The number of rotatable bonds is 4. The van der Waals surface area contributed by atoms with Crippen LogP contribution >= 0.6 is 11.3 Å². The number of halogens is 1.